The summed E-state index contributed by atoms with van der Waals surface area (Å²) in [4.78, 5) is 23.1. The summed E-state index contributed by atoms with van der Waals surface area (Å²) in [5.41, 5.74) is -1.11. The minimum atomic E-state index is -1.32. The Morgan fingerprint density at radius 2 is 2.06 bits per heavy atom. The number of aliphatic carboxylic acids is 1. The summed E-state index contributed by atoms with van der Waals surface area (Å²) in [6, 6.07) is 1.40. The molecule has 1 rings (SSSR count). The highest BCUT2D eigenvalue weighted by molar-refractivity contribution is 6.41. The van der Waals surface area contributed by atoms with Gasteiger partial charge in [-0.1, -0.05) is 30.1 Å². The molecule has 0 bridgehead atoms. The first kappa shape index (κ1) is 14.9. The van der Waals surface area contributed by atoms with Crippen LogP contribution in [0.3, 0.4) is 0 Å². The average molecular weight is 293 g/mol. The third-order valence-electron chi connectivity index (χ3n) is 2.92. The molecular weight excluding hydrogens is 279 g/mol. The SMILES string of the molecule is CCC(C)(NC(=O)c1cc(Cl)c(Cl)n1C)C(=O)O. The molecule has 0 aliphatic heterocycles. The predicted molar refractivity (Wildman–Crippen MR) is 69.2 cm³/mol. The van der Waals surface area contributed by atoms with Crippen LogP contribution in [-0.4, -0.2) is 27.1 Å². The van der Waals surface area contributed by atoms with Gasteiger partial charge in [-0.25, -0.2) is 4.79 Å². The molecule has 0 saturated carbocycles. The standard InChI is InChI=1S/C11H14Cl2N2O3/c1-4-11(2,10(17)18)14-9(16)7-5-6(12)8(13)15(7)3/h5H,4H2,1-3H3,(H,14,16)(H,17,18). The van der Waals surface area contributed by atoms with Gasteiger partial charge in [-0.3, -0.25) is 4.79 Å². The number of aromatic nitrogens is 1. The number of rotatable bonds is 4. The number of nitrogens with zero attached hydrogens (tertiary/aromatic N) is 1. The van der Waals surface area contributed by atoms with Crippen molar-refractivity contribution in [2.75, 3.05) is 0 Å². The molecule has 1 amide bonds. The van der Waals surface area contributed by atoms with Gasteiger partial charge in [0.2, 0.25) is 0 Å². The second-order valence-corrected chi connectivity index (χ2v) is 4.94. The van der Waals surface area contributed by atoms with Gasteiger partial charge in [-0.05, 0) is 19.4 Å². The van der Waals surface area contributed by atoms with E-state index in [1.54, 1.807) is 14.0 Å². The molecule has 7 heteroatoms. The van der Waals surface area contributed by atoms with E-state index in [1.165, 1.54) is 17.6 Å². The van der Waals surface area contributed by atoms with Crippen LogP contribution in [0.5, 0.6) is 0 Å². The maximum absolute atomic E-state index is 12.0. The first-order chi connectivity index (χ1) is 8.23. The highest BCUT2D eigenvalue weighted by Crippen LogP contribution is 2.25. The maximum atomic E-state index is 12.0. The zero-order valence-electron chi connectivity index (χ0n) is 10.3. The molecule has 0 fully saturated rings. The molecular formula is C11H14Cl2N2O3. The van der Waals surface area contributed by atoms with Gasteiger partial charge in [0.15, 0.2) is 0 Å². The number of amides is 1. The Balaban J connectivity index is 3.02. The van der Waals surface area contributed by atoms with E-state index < -0.39 is 17.4 Å². The predicted octanol–water partition coefficient (Wildman–Crippen LogP) is 2.31. The number of nitrogens with one attached hydrogen (secondary N) is 1. The molecule has 2 N–H and O–H groups in total. The number of carbonyl (C=O) groups excluding carboxylic acids is 1. The number of hydrogen-bond donors (Lipinski definition) is 2. The Kier molecular flexibility index (Phi) is 4.29. The van der Waals surface area contributed by atoms with Crippen molar-refractivity contribution in [2.45, 2.75) is 25.8 Å². The smallest absolute Gasteiger partial charge is 0.329 e. The number of carboxylic acid groups (broad SMARTS) is 1. The van der Waals surface area contributed by atoms with E-state index >= 15 is 0 Å². The zero-order chi connectivity index (χ0) is 14.1. The fourth-order valence-corrected chi connectivity index (χ4v) is 1.74. The third kappa shape index (κ3) is 2.62. The van der Waals surface area contributed by atoms with E-state index in [0.29, 0.717) is 0 Å². The summed E-state index contributed by atoms with van der Waals surface area (Å²) >= 11 is 11.6. The topological polar surface area (TPSA) is 71.3 Å². The second-order valence-electron chi connectivity index (χ2n) is 4.17. The van der Waals surface area contributed by atoms with E-state index in [0.717, 1.165) is 0 Å². The summed E-state index contributed by atoms with van der Waals surface area (Å²) < 4.78 is 1.40. The molecule has 18 heavy (non-hydrogen) atoms. The maximum Gasteiger partial charge on any atom is 0.329 e. The first-order valence-corrected chi connectivity index (χ1v) is 6.05. The van der Waals surface area contributed by atoms with Crippen molar-refractivity contribution < 1.29 is 14.7 Å². The summed E-state index contributed by atoms with van der Waals surface area (Å²) in [5.74, 6) is -1.62. The Hall–Kier alpha value is -1.20. The molecule has 1 atom stereocenters. The lowest BCUT2D eigenvalue weighted by Crippen LogP contribution is -2.52. The molecule has 0 saturated heterocycles. The molecule has 0 spiro atoms. The van der Waals surface area contributed by atoms with Crippen molar-refractivity contribution in [3.05, 3.63) is 21.9 Å². The van der Waals surface area contributed by atoms with E-state index in [1.807, 2.05) is 0 Å². The van der Waals surface area contributed by atoms with Gasteiger partial charge in [0.25, 0.3) is 5.91 Å². The van der Waals surface area contributed by atoms with Crippen molar-refractivity contribution in [1.82, 2.24) is 9.88 Å². The van der Waals surface area contributed by atoms with Gasteiger partial charge in [-0.2, -0.15) is 0 Å². The molecule has 1 aromatic heterocycles. The average Bonchev–Trinajstić information content (AvgIpc) is 2.56. The number of carboxylic acids is 1. The van der Waals surface area contributed by atoms with Crippen molar-refractivity contribution >= 4 is 35.1 Å². The van der Waals surface area contributed by atoms with Gasteiger partial charge in [-0.15, -0.1) is 0 Å². The number of carbonyl (C=O) groups is 2. The van der Waals surface area contributed by atoms with Crippen LogP contribution >= 0.6 is 23.2 Å². The van der Waals surface area contributed by atoms with Crippen LogP contribution in [0, 0.1) is 0 Å². The fourth-order valence-electron chi connectivity index (χ4n) is 1.37. The normalized spacial score (nSPS) is 14.1. The van der Waals surface area contributed by atoms with E-state index in [2.05, 4.69) is 5.32 Å². The van der Waals surface area contributed by atoms with Gasteiger partial charge in [0.05, 0.1) is 5.02 Å². The quantitative estimate of drug-likeness (QED) is 0.895. The zero-order valence-corrected chi connectivity index (χ0v) is 11.8. The Morgan fingerprint density at radius 1 is 1.50 bits per heavy atom. The third-order valence-corrected chi connectivity index (χ3v) is 3.76. The van der Waals surface area contributed by atoms with E-state index in [-0.39, 0.29) is 22.3 Å². The van der Waals surface area contributed by atoms with Crippen LogP contribution in [0.1, 0.15) is 30.8 Å². The van der Waals surface area contributed by atoms with Crippen molar-refractivity contribution in [1.29, 1.82) is 0 Å². The molecule has 0 aliphatic carbocycles. The molecule has 0 aromatic carbocycles. The molecule has 5 nitrogen and oxygen atoms in total. The summed E-state index contributed by atoms with van der Waals surface area (Å²) in [6.45, 7) is 3.12. The van der Waals surface area contributed by atoms with E-state index in [9.17, 15) is 9.59 Å². The lowest BCUT2D eigenvalue weighted by Gasteiger charge is -2.24. The summed E-state index contributed by atoms with van der Waals surface area (Å²) in [5, 5.41) is 12.0. The molecule has 0 aliphatic rings. The van der Waals surface area contributed by atoms with Crippen LogP contribution in [0.4, 0.5) is 0 Å². The highest BCUT2D eigenvalue weighted by atomic mass is 35.5. The Bertz CT molecular complexity index is 499. The van der Waals surface area contributed by atoms with Gasteiger partial charge < -0.3 is 15.0 Å². The highest BCUT2D eigenvalue weighted by Gasteiger charge is 2.33. The molecule has 100 valence electrons. The van der Waals surface area contributed by atoms with Crippen LogP contribution in [0.25, 0.3) is 0 Å². The van der Waals surface area contributed by atoms with Crippen LogP contribution in [0.2, 0.25) is 10.2 Å². The van der Waals surface area contributed by atoms with Crippen LogP contribution in [-0.2, 0) is 11.8 Å². The largest absolute Gasteiger partial charge is 0.480 e. The molecule has 1 aromatic rings. The number of halogens is 2. The monoisotopic (exact) mass is 292 g/mol. The molecule has 1 unspecified atom stereocenters. The lowest BCUT2D eigenvalue weighted by molar-refractivity contribution is -0.143. The van der Waals surface area contributed by atoms with Crippen molar-refractivity contribution in [3.63, 3.8) is 0 Å². The Labute approximate surface area is 115 Å². The van der Waals surface area contributed by atoms with Crippen LogP contribution < -0.4 is 5.32 Å². The van der Waals surface area contributed by atoms with Gasteiger partial charge in [0, 0.05) is 7.05 Å². The molecule has 1 heterocycles. The van der Waals surface area contributed by atoms with E-state index in [4.69, 9.17) is 28.3 Å². The fraction of sp³-hybridized carbons (Fsp3) is 0.455. The number of hydrogen-bond acceptors (Lipinski definition) is 2. The Morgan fingerprint density at radius 3 is 2.39 bits per heavy atom. The lowest BCUT2D eigenvalue weighted by atomic mass is 9.99. The van der Waals surface area contributed by atoms with Crippen molar-refractivity contribution in [3.8, 4) is 0 Å². The minimum Gasteiger partial charge on any atom is -0.480 e. The first-order valence-electron chi connectivity index (χ1n) is 5.29. The van der Waals surface area contributed by atoms with Gasteiger partial charge >= 0.3 is 5.97 Å². The minimum absolute atomic E-state index is 0.214. The van der Waals surface area contributed by atoms with Crippen molar-refractivity contribution in [2.24, 2.45) is 7.05 Å². The summed E-state index contributed by atoms with van der Waals surface area (Å²) in [6.07, 6.45) is 0.264. The van der Waals surface area contributed by atoms with Crippen LogP contribution in [0.15, 0.2) is 6.07 Å². The second kappa shape index (κ2) is 5.20. The van der Waals surface area contributed by atoms with Gasteiger partial charge in [0.1, 0.15) is 16.4 Å². The molecule has 0 radical (unpaired) electrons. The summed E-state index contributed by atoms with van der Waals surface area (Å²) in [7, 11) is 1.58.